The van der Waals surface area contributed by atoms with Gasteiger partial charge in [-0.3, -0.25) is 10.9 Å². The van der Waals surface area contributed by atoms with Gasteiger partial charge in [0.25, 0.3) is 0 Å². The van der Waals surface area contributed by atoms with Gasteiger partial charge in [0.05, 0.1) is 11.3 Å². The first-order chi connectivity index (χ1) is 6.75. The Balaban J connectivity index is 3.07. The normalized spacial score (nSPS) is 9.71. The van der Waals surface area contributed by atoms with Crippen molar-refractivity contribution in [3.63, 3.8) is 0 Å². The van der Waals surface area contributed by atoms with Crippen LogP contribution in [0.5, 0.6) is 0 Å². The smallest absolute Gasteiger partial charge is 0.337 e. The van der Waals surface area contributed by atoms with Gasteiger partial charge in [0.2, 0.25) is 0 Å². The topological polar surface area (TPSA) is 72.0 Å². The predicted molar refractivity (Wildman–Crippen MR) is 54.5 cm³/mol. The Morgan fingerprint density at radius 2 is 2.21 bits per heavy atom. The molecule has 0 bridgehead atoms. The largest absolute Gasteiger partial charge is 0.763 e. The molecule has 0 saturated carbocycles. The van der Waals surface area contributed by atoms with Crippen LogP contribution < -0.4 is 0 Å². The van der Waals surface area contributed by atoms with Crippen molar-refractivity contribution in [2.45, 2.75) is 0 Å². The molecular weight excluding hydrogens is 180 g/mol. The number of aliphatic imine (C=N–C) groups is 1. The van der Waals surface area contributed by atoms with E-state index in [-0.39, 0.29) is 5.56 Å². The number of aromatic carboxylic acids is 1. The molecule has 70 valence electrons. The van der Waals surface area contributed by atoms with E-state index in [9.17, 15) is 4.79 Å². The molecule has 0 atom stereocenters. The maximum atomic E-state index is 10.7. The summed E-state index contributed by atoms with van der Waals surface area (Å²) in [6.07, 6.45) is 2.44. The van der Waals surface area contributed by atoms with Gasteiger partial charge in [-0.05, 0) is 18.2 Å². The SMILES string of the molecule is [N-]=C=CC=Nc1ccccc1C(=O)O. The van der Waals surface area contributed by atoms with Crippen LogP contribution in [0, 0.1) is 0 Å². The van der Waals surface area contributed by atoms with Gasteiger partial charge < -0.3 is 10.5 Å². The van der Waals surface area contributed by atoms with Crippen LogP contribution in [-0.4, -0.2) is 23.2 Å². The van der Waals surface area contributed by atoms with E-state index in [0.29, 0.717) is 5.69 Å². The van der Waals surface area contributed by atoms with Gasteiger partial charge in [-0.2, -0.15) is 0 Å². The summed E-state index contributed by atoms with van der Waals surface area (Å²) < 4.78 is 0. The van der Waals surface area contributed by atoms with Gasteiger partial charge in [0.15, 0.2) is 0 Å². The second-order valence-corrected chi connectivity index (χ2v) is 2.40. The highest BCUT2D eigenvalue weighted by atomic mass is 16.4. The molecule has 0 saturated heterocycles. The highest BCUT2D eigenvalue weighted by Gasteiger charge is 2.06. The number of benzene rings is 1. The van der Waals surface area contributed by atoms with Crippen LogP contribution in [0.1, 0.15) is 10.4 Å². The Bertz CT molecular complexity index is 418. The minimum Gasteiger partial charge on any atom is -0.763 e. The fourth-order valence-corrected chi connectivity index (χ4v) is 0.918. The van der Waals surface area contributed by atoms with Crippen LogP contribution in [0.4, 0.5) is 5.69 Å². The Kier molecular flexibility index (Phi) is 3.35. The average molecular weight is 187 g/mol. The zero-order valence-corrected chi connectivity index (χ0v) is 7.21. The number of carbonyl (C=O) groups is 1. The summed E-state index contributed by atoms with van der Waals surface area (Å²) in [5.41, 5.74) is 0.460. The molecule has 1 aromatic rings. The van der Waals surface area contributed by atoms with Crippen LogP contribution in [-0.2, 0) is 0 Å². The lowest BCUT2D eigenvalue weighted by Crippen LogP contribution is -1.95. The molecule has 0 aliphatic carbocycles. The zero-order valence-electron chi connectivity index (χ0n) is 7.21. The van der Waals surface area contributed by atoms with Crippen molar-refractivity contribution >= 4 is 23.7 Å². The number of rotatable bonds is 3. The van der Waals surface area contributed by atoms with Gasteiger partial charge in [-0.15, -0.1) is 0 Å². The molecule has 1 rings (SSSR count). The third-order valence-corrected chi connectivity index (χ3v) is 1.50. The van der Waals surface area contributed by atoms with E-state index in [1.165, 1.54) is 18.4 Å². The van der Waals surface area contributed by atoms with Crippen molar-refractivity contribution in [2.24, 2.45) is 4.99 Å². The number of carboxylic acids is 1. The van der Waals surface area contributed by atoms with E-state index < -0.39 is 5.97 Å². The first kappa shape index (κ1) is 9.89. The van der Waals surface area contributed by atoms with Crippen LogP contribution in [0.3, 0.4) is 0 Å². The molecule has 0 unspecified atom stereocenters. The summed E-state index contributed by atoms with van der Waals surface area (Å²) in [4.78, 5) is 14.5. The number of hydrogen-bond acceptors (Lipinski definition) is 2. The molecular formula is C10H7N2O2-. The summed E-state index contributed by atoms with van der Waals surface area (Å²) in [7, 11) is 0. The van der Waals surface area contributed by atoms with E-state index in [0.717, 1.165) is 0 Å². The van der Waals surface area contributed by atoms with E-state index in [1.807, 2.05) is 0 Å². The second-order valence-electron chi connectivity index (χ2n) is 2.40. The molecule has 0 aliphatic rings. The Morgan fingerprint density at radius 3 is 2.86 bits per heavy atom. The predicted octanol–water partition coefficient (Wildman–Crippen LogP) is 1.88. The van der Waals surface area contributed by atoms with Crippen LogP contribution in [0.2, 0.25) is 0 Å². The molecule has 4 heteroatoms. The van der Waals surface area contributed by atoms with Gasteiger partial charge in [0.1, 0.15) is 0 Å². The number of nitrogens with zero attached hydrogens (tertiary/aromatic N) is 2. The lowest BCUT2D eigenvalue weighted by molar-refractivity contribution is 0.0698. The minimum atomic E-state index is -1.03. The van der Waals surface area contributed by atoms with Gasteiger partial charge in [-0.1, -0.05) is 12.1 Å². The molecule has 0 fully saturated rings. The van der Waals surface area contributed by atoms with Crippen LogP contribution in [0.25, 0.3) is 5.41 Å². The van der Waals surface area contributed by atoms with E-state index in [2.05, 4.69) is 4.99 Å². The van der Waals surface area contributed by atoms with Crippen molar-refractivity contribution in [2.75, 3.05) is 0 Å². The lowest BCUT2D eigenvalue weighted by Gasteiger charge is -1.97. The van der Waals surface area contributed by atoms with Gasteiger partial charge in [-0.25, -0.2) is 4.79 Å². The Hall–Kier alpha value is -2.19. The van der Waals surface area contributed by atoms with Crippen molar-refractivity contribution in [3.05, 3.63) is 41.3 Å². The second kappa shape index (κ2) is 4.74. The fraction of sp³-hybridized carbons (Fsp3) is 0. The number of carboxylic acid groups (broad SMARTS) is 1. The molecule has 1 aromatic carbocycles. The standard InChI is InChI=1S/C10H7N2O2/c11-6-3-7-12-9-5-2-1-4-8(9)10(13)14/h1-5,7H,(H,13,14)/q-1. The van der Waals surface area contributed by atoms with Gasteiger partial charge >= 0.3 is 5.97 Å². The maximum Gasteiger partial charge on any atom is 0.337 e. The number of hydrogen-bond donors (Lipinski definition) is 1. The molecule has 0 amide bonds. The quantitative estimate of drug-likeness (QED) is 0.733. The average Bonchev–Trinajstić information content (AvgIpc) is 2.19. The number of allylic oxidation sites excluding steroid dienone is 1. The summed E-state index contributed by atoms with van der Waals surface area (Å²) in [5, 5.41) is 17.0. The summed E-state index contributed by atoms with van der Waals surface area (Å²) in [5.74, 6) is 0.732. The van der Waals surface area contributed by atoms with Crippen molar-refractivity contribution < 1.29 is 9.90 Å². The lowest BCUT2D eigenvalue weighted by atomic mass is 10.2. The van der Waals surface area contributed by atoms with Crippen LogP contribution >= 0.6 is 0 Å². The minimum absolute atomic E-state index is 0.120. The van der Waals surface area contributed by atoms with E-state index in [1.54, 1.807) is 24.1 Å². The molecule has 1 N–H and O–H groups in total. The van der Waals surface area contributed by atoms with Crippen molar-refractivity contribution in [1.82, 2.24) is 0 Å². The Morgan fingerprint density at radius 1 is 1.50 bits per heavy atom. The monoisotopic (exact) mass is 187 g/mol. The van der Waals surface area contributed by atoms with Crippen molar-refractivity contribution in [1.29, 1.82) is 0 Å². The van der Waals surface area contributed by atoms with Crippen molar-refractivity contribution in [3.8, 4) is 0 Å². The molecule has 0 heterocycles. The zero-order chi connectivity index (χ0) is 10.4. The maximum absolute atomic E-state index is 10.7. The summed E-state index contributed by atoms with van der Waals surface area (Å²) in [6.45, 7) is 0. The van der Waals surface area contributed by atoms with E-state index >= 15 is 0 Å². The molecule has 0 spiro atoms. The summed E-state index contributed by atoms with van der Waals surface area (Å²) >= 11 is 0. The van der Waals surface area contributed by atoms with Crippen LogP contribution in [0.15, 0.2) is 35.3 Å². The number of para-hydroxylation sites is 1. The molecule has 0 aromatic heterocycles. The first-order valence-electron chi connectivity index (χ1n) is 3.83. The molecule has 14 heavy (non-hydrogen) atoms. The fourth-order valence-electron chi connectivity index (χ4n) is 0.918. The first-order valence-corrected chi connectivity index (χ1v) is 3.83. The third kappa shape index (κ3) is 2.40. The molecule has 4 nitrogen and oxygen atoms in total. The van der Waals surface area contributed by atoms with Gasteiger partial charge in [0, 0.05) is 6.21 Å². The Labute approximate surface area is 80.7 Å². The molecule has 0 aliphatic heterocycles. The third-order valence-electron chi connectivity index (χ3n) is 1.50. The highest BCUT2D eigenvalue weighted by molar-refractivity contribution is 5.95. The summed E-state index contributed by atoms with van der Waals surface area (Å²) in [6, 6.07) is 6.34. The molecule has 0 radical (unpaired) electrons. The highest BCUT2D eigenvalue weighted by Crippen LogP contribution is 2.17. The van der Waals surface area contributed by atoms with E-state index in [4.69, 9.17) is 10.5 Å².